The van der Waals surface area contributed by atoms with E-state index in [9.17, 15) is 26.4 Å². The number of hydrogen-bond donors (Lipinski definition) is 0. The van der Waals surface area contributed by atoms with Crippen LogP contribution >= 0.6 is 0 Å². The van der Waals surface area contributed by atoms with Crippen LogP contribution in [-0.2, 0) is 14.6 Å². The van der Waals surface area contributed by atoms with Crippen molar-refractivity contribution in [2.24, 2.45) is 5.92 Å². The topological polar surface area (TPSA) is 54.5 Å². The number of halogens is 3. The van der Waals surface area contributed by atoms with Crippen LogP contribution in [0.1, 0.15) is 12.8 Å². The van der Waals surface area contributed by atoms with Gasteiger partial charge in [0.2, 0.25) is 0 Å². The van der Waals surface area contributed by atoms with Crippen molar-refractivity contribution in [2.45, 2.75) is 19.0 Å². The van der Waals surface area contributed by atoms with E-state index in [2.05, 4.69) is 0 Å². The molecule has 1 atom stereocenters. The Bertz CT molecular complexity index is 391. The van der Waals surface area contributed by atoms with Gasteiger partial charge in [-0.1, -0.05) is 0 Å². The minimum Gasteiger partial charge on any atom is -0.335 e. The molecule has 100 valence electrons. The third-order valence-corrected chi connectivity index (χ3v) is 3.66. The van der Waals surface area contributed by atoms with Gasteiger partial charge < -0.3 is 4.90 Å². The summed E-state index contributed by atoms with van der Waals surface area (Å²) in [7, 11) is -3.23. The SMILES string of the molecule is CS(=O)(=O)CC1CCCN(C(=O)C(F)(F)F)C1. The molecule has 1 amide bonds. The fourth-order valence-electron chi connectivity index (χ4n) is 1.99. The van der Waals surface area contributed by atoms with Gasteiger partial charge >= 0.3 is 12.1 Å². The average Bonchev–Trinajstić information content (AvgIpc) is 2.12. The number of piperidine rings is 1. The van der Waals surface area contributed by atoms with Gasteiger partial charge in [0.1, 0.15) is 9.84 Å². The average molecular weight is 273 g/mol. The van der Waals surface area contributed by atoms with Gasteiger partial charge in [-0.3, -0.25) is 4.79 Å². The predicted molar refractivity (Wildman–Crippen MR) is 55.1 cm³/mol. The van der Waals surface area contributed by atoms with Crippen molar-refractivity contribution in [3.05, 3.63) is 0 Å². The van der Waals surface area contributed by atoms with Gasteiger partial charge in [-0.15, -0.1) is 0 Å². The lowest BCUT2D eigenvalue weighted by Gasteiger charge is -2.32. The van der Waals surface area contributed by atoms with E-state index in [4.69, 9.17) is 0 Å². The first-order chi connectivity index (χ1) is 7.59. The van der Waals surface area contributed by atoms with Gasteiger partial charge in [-0.25, -0.2) is 8.42 Å². The summed E-state index contributed by atoms with van der Waals surface area (Å²) in [5, 5.41) is 0. The minimum atomic E-state index is -4.88. The summed E-state index contributed by atoms with van der Waals surface area (Å²) in [6, 6.07) is 0. The second kappa shape index (κ2) is 4.83. The molecule has 1 heterocycles. The minimum absolute atomic E-state index is 0.0403. The number of hydrogen-bond acceptors (Lipinski definition) is 3. The first kappa shape index (κ1) is 14.3. The zero-order valence-electron chi connectivity index (χ0n) is 9.33. The van der Waals surface area contributed by atoms with Crippen LogP contribution in [0.25, 0.3) is 0 Å². The van der Waals surface area contributed by atoms with Crippen LogP contribution in [0.3, 0.4) is 0 Å². The van der Waals surface area contributed by atoms with Crippen molar-refractivity contribution in [1.82, 2.24) is 4.90 Å². The van der Waals surface area contributed by atoms with Crippen LogP contribution in [0.2, 0.25) is 0 Å². The van der Waals surface area contributed by atoms with E-state index in [1.807, 2.05) is 0 Å². The summed E-state index contributed by atoms with van der Waals surface area (Å²) >= 11 is 0. The quantitative estimate of drug-likeness (QED) is 0.749. The van der Waals surface area contributed by atoms with Crippen molar-refractivity contribution in [2.75, 3.05) is 25.1 Å². The van der Waals surface area contributed by atoms with Crippen molar-refractivity contribution in [1.29, 1.82) is 0 Å². The van der Waals surface area contributed by atoms with E-state index >= 15 is 0 Å². The summed E-state index contributed by atoms with van der Waals surface area (Å²) in [5.41, 5.74) is 0. The molecule has 4 nitrogen and oxygen atoms in total. The Morgan fingerprint density at radius 1 is 1.41 bits per heavy atom. The summed E-state index contributed by atoms with van der Waals surface area (Å²) < 4.78 is 58.7. The molecule has 8 heteroatoms. The lowest BCUT2D eigenvalue weighted by atomic mass is 10.00. The van der Waals surface area contributed by atoms with Crippen LogP contribution in [0.5, 0.6) is 0 Å². The molecule has 1 fully saturated rings. The van der Waals surface area contributed by atoms with Crippen LogP contribution in [-0.4, -0.2) is 50.5 Å². The van der Waals surface area contributed by atoms with E-state index in [1.54, 1.807) is 0 Å². The van der Waals surface area contributed by atoms with Crippen LogP contribution < -0.4 is 0 Å². The number of rotatable bonds is 2. The monoisotopic (exact) mass is 273 g/mol. The summed E-state index contributed by atoms with van der Waals surface area (Å²) in [6.45, 7) is -0.0932. The van der Waals surface area contributed by atoms with Gasteiger partial charge in [0.25, 0.3) is 0 Å². The molecule has 0 spiro atoms. The summed E-state index contributed by atoms with van der Waals surface area (Å²) in [6.07, 6.45) is -2.90. The van der Waals surface area contributed by atoms with Gasteiger partial charge in [0.05, 0.1) is 5.75 Å². The fraction of sp³-hybridized carbons (Fsp3) is 0.889. The molecule has 1 aliphatic rings. The molecule has 1 rings (SSSR count). The molecular weight excluding hydrogens is 259 g/mol. The maximum absolute atomic E-state index is 12.2. The van der Waals surface area contributed by atoms with E-state index < -0.39 is 27.8 Å². The Balaban J connectivity index is 2.64. The number of sulfone groups is 1. The highest BCUT2D eigenvalue weighted by Crippen LogP contribution is 2.24. The van der Waals surface area contributed by atoms with Gasteiger partial charge in [-0.05, 0) is 18.8 Å². The second-order valence-electron chi connectivity index (χ2n) is 4.35. The van der Waals surface area contributed by atoms with Gasteiger partial charge in [0, 0.05) is 19.3 Å². The Labute approximate surface area is 97.7 Å². The maximum atomic E-state index is 12.2. The van der Waals surface area contributed by atoms with Crippen molar-refractivity contribution >= 4 is 15.7 Å². The molecule has 0 bridgehead atoms. The molecule has 1 saturated heterocycles. The lowest BCUT2D eigenvalue weighted by molar-refractivity contribution is -0.187. The van der Waals surface area contributed by atoms with Gasteiger partial charge in [-0.2, -0.15) is 13.2 Å². The Kier molecular flexibility index (Phi) is 4.06. The third kappa shape index (κ3) is 4.53. The van der Waals surface area contributed by atoms with E-state index in [-0.39, 0.29) is 18.8 Å². The number of likely N-dealkylation sites (tertiary alicyclic amines) is 1. The summed E-state index contributed by atoms with van der Waals surface area (Å²) in [4.78, 5) is 11.7. The lowest BCUT2D eigenvalue weighted by Crippen LogP contribution is -2.47. The van der Waals surface area contributed by atoms with Crippen LogP contribution in [0, 0.1) is 5.92 Å². The van der Waals surface area contributed by atoms with Crippen LogP contribution in [0.4, 0.5) is 13.2 Å². The first-order valence-corrected chi connectivity index (χ1v) is 7.19. The first-order valence-electron chi connectivity index (χ1n) is 5.13. The number of amides is 1. The molecular formula is C9H14F3NO3S. The molecule has 0 radical (unpaired) electrons. The Morgan fingerprint density at radius 2 is 2.00 bits per heavy atom. The molecule has 0 aliphatic carbocycles. The van der Waals surface area contributed by atoms with Crippen molar-refractivity contribution in [3.63, 3.8) is 0 Å². The largest absolute Gasteiger partial charge is 0.471 e. The van der Waals surface area contributed by atoms with E-state index in [0.29, 0.717) is 17.7 Å². The number of carbonyl (C=O) groups excluding carboxylic acids is 1. The van der Waals surface area contributed by atoms with Crippen LogP contribution in [0.15, 0.2) is 0 Å². The smallest absolute Gasteiger partial charge is 0.335 e. The van der Waals surface area contributed by atoms with E-state index in [0.717, 1.165) is 6.26 Å². The molecule has 0 aromatic heterocycles. The molecule has 0 saturated carbocycles. The molecule has 0 aromatic carbocycles. The molecule has 1 unspecified atom stereocenters. The van der Waals surface area contributed by atoms with Crippen molar-refractivity contribution in [3.8, 4) is 0 Å². The van der Waals surface area contributed by atoms with Crippen molar-refractivity contribution < 1.29 is 26.4 Å². The number of nitrogens with zero attached hydrogens (tertiary/aromatic N) is 1. The van der Waals surface area contributed by atoms with Gasteiger partial charge in [0.15, 0.2) is 0 Å². The Morgan fingerprint density at radius 3 is 2.47 bits per heavy atom. The Hall–Kier alpha value is -0.790. The maximum Gasteiger partial charge on any atom is 0.471 e. The molecule has 0 aromatic rings. The fourth-order valence-corrected chi connectivity index (χ4v) is 3.12. The zero-order valence-corrected chi connectivity index (χ0v) is 10.1. The third-order valence-electron chi connectivity index (χ3n) is 2.59. The standard InChI is InChI=1S/C9H14F3NO3S/c1-17(15,16)6-7-3-2-4-13(5-7)8(14)9(10,11)12/h7H,2-6H2,1H3. The molecule has 1 aliphatic heterocycles. The predicted octanol–water partition coefficient (Wildman–Crippen LogP) is 0.832. The number of alkyl halides is 3. The highest BCUT2D eigenvalue weighted by Gasteiger charge is 2.43. The van der Waals surface area contributed by atoms with E-state index in [1.165, 1.54) is 0 Å². The number of carbonyl (C=O) groups is 1. The molecule has 17 heavy (non-hydrogen) atoms. The zero-order chi connectivity index (χ0) is 13.3. The highest BCUT2D eigenvalue weighted by atomic mass is 32.2. The summed E-state index contributed by atoms with van der Waals surface area (Å²) in [5.74, 6) is -2.45. The second-order valence-corrected chi connectivity index (χ2v) is 6.53. The normalized spacial score (nSPS) is 22.6. The highest BCUT2D eigenvalue weighted by molar-refractivity contribution is 7.90. The molecule has 0 N–H and O–H groups in total.